The normalized spacial score (nSPS) is 25.9. The van der Waals surface area contributed by atoms with Gasteiger partial charge < -0.3 is 19.5 Å². The summed E-state index contributed by atoms with van der Waals surface area (Å²) in [6, 6.07) is 6.27. The monoisotopic (exact) mass is 346 g/mol. The van der Waals surface area contributed by atoms with Crippen LogP contribution in [-0.4, -0.2) is 56.4 Å². The summed E-state index contributed by atoms with van der Waals surface area (Å²) in [4.78, 5) is 14.6. The number of carbonyl (C=O) groups excluding carboxylic acids is 1. The predicted molar refractivity (Wildman–Crippen MR) is 93.0 cm³/mol. The zero-order valence-corrected chi connectivity index (χ0v) is 14.5. The molecule has 1 aromatic carbocycles. The van der Waals surface area contributed by atoms with Crippen LogP contribution in [0.2, 0.25) is 0 Å². The van der Waals surface area contributed by atoms with Crippen molar-refractivity contribution in [3.63, 3.8) is 0 Å². The minimum absolute atomic E-state index is 0.0735. The molecule has 0 aromatic heterocycles. The first kappa shape index (κ1) is 16.7. The van der Waals surface area contributed by atoms with Gasteiger partial charge in [0.2, 0.25) is 5.91 Å². The molecule has 25 heavy (non-hydrogen) atoms. The molecule has 0 saturated carbocycles. The van der Waals surface area contributed by atoms with E-state index in [9.17, 15) is 4.79 Å². The van der Waals surface area contributed by atoms with Gasteiger partial charge in [0, 0.05) is 24.8 Å². The largest absolute Gasteiger partial charge is 0.486 e. The summed E-state index contributed by atoms with van der Waals surface area (Å²) in [5.74, 6) is 1.74. The molecule has 4 rings (SSSR count). The number of likely N-dealkylation sites (tertiary alicyclic amines) is 1. The molecule has 3 heterocycles. The SMILES string of the molecule is O=C(CN1CCC[C@@H]1c1cccc2c1OCCO2)NC[C@H]1CCCO1. The molecular weight excluding hydrogens is 320 g/mol. The van der Waals surface area contributed by atoms with Crippen molar-refractivity contribution in [3.05, 3.63) is 23.8 Å². The third-order valence-electron chi connectivity index (χ3n) is 5.22. The van der Waals surface area contributed by atoms with Crippen LogP contribution in [0.1, 0.15) is 37.3 Å². The lowest BCUT2D eigenvalue weighted by atomic mass is 10.0. The Morgan fingerprint density at radius 3 is 2.96 bits per heavy atom. The van der Waals surface area contributed by atoms with Gasteiger partial charge in [-0.25, -0.2) is 0 Å². The molecule has 136 valence electrons. The first-order valence-electron chi connectivity index (χ1n) is 9.32. The molecule has 1 N–H and O–H groups in total. The summed E-state index contributed by atoms with van der Waals surface area (Å²) in [5, 5.41) is 3.02. The summed E-state index contributed by atoms with van der Waals surface area (Å²) >= 11 is 0. The maximum Gasteiger partial charge on any atom is 0.234 e. The Morgan fingerprint density at radius 1 is 1.16 bits per heavy atom. The Bertz CT molecular complexity index is 615. The number of benzene rings is 1. The summed E-state index contributed by atoms with van der Waals surface area (Å²) in [5.41, 5.74) is 1.14. The van der Waals surface area contributed by atoms with Gasteiger partial charge in [-0.1, -0.05) is 12.1 Å². The molecule has 2 saturated heterocycles. The van der Waals surface area contributed by atoms with Crippen molar-refractivity contribution in [3.8, 4) is 11.5 Å². The van der Waals surface area contributed by atoms with Crippen LogP contribution in [-0.2, 0) is 9.53 Å². The maximum atomic E-state index is 12.4. The smallest absolute Gasteiger partial charge is 0.234 e. The van der Waals surface area contributed by atoms with E-state index in [0.29, 0.717) is 26.3 Å². The number of ether oxygens (including phenoxy) is 3. The summed E-state index contributed by atoms with van der Waals surface area (Å²) in [6.45, 7) is 3.96. The molecule has 3 aliphatic rings. The maximum absolute atomic E-state index is 12.4. The predicted octanol–water partition coefficient (Wildman–Crippen LogP) is 1.89. The molecule has 6 heteroatoms. The fourth-order valence-electron chi connectivity index (χ4n) is 4.00. The first-order chi connectivity index (χ1) is 12.3. The van der Waals surface area contributed by atoms with E-state index in [-0.39, 0.29) is 18.1 Å². The fraction of sp³-hybridized carbons (Fsp3) is 0.632. The van der Waals surface area contributed by atoms with E-state index >= 15 is 0 Å². The number of amides is 1. The second kappa shape index (κ2) is 7.62. The molecule has 6 nitrogen and oxygen atoms in total. The number of nitrogens with zero attached hydrogens (tertiary/aromatic N) is 1. The Hall–Kier alpha value is -1.79. The zero-order valence-electron chi connectivity index (χ0n) is 14.5. The van der Waals surface area contributed by atoms with E-state index in [1.807, 2.05) is 12.1 Å². The minimum atomic E-state index is 0.0735. The Labute approximate surface area is 148 Å². The highest BCUT2D eigenvalue weighted by molar-refractivity contribution is 5.78. The van der Waals surface area contributed by atoms with Gasteiger partial charge >= 0.3 is 0 Å². The Morgan fingerprint density at radius 2 is 2.08 bits per heavy atom. The summed E-state index contributed by atoms with van der Waals surface area (Å²) in [6.07, 6.45) is 4.45. The van der Waals surface area contributed by atoms with Crippen LogP contribution in [0.3, 0.4) is 0 Å². The molecule has 0 aliphatic carbocycles. The van der Waals surface area contributed by atoms with E-state index in [4.69, 9.17) is 14.2 Å². The average Bonchev–Trinajstić information content (AvgIpc) is 3.31. The molecule has 1 amide bonds. The van der Waals surface area contributed by atoms with Gasteiger partial charge in [-0.15, -0.1) is 0 Å². The van der Waals surface area contributed by atoms with Crippen molar-refractivity contribution in [1.82, 2.24) is 10.2 Å². The Balaban J connectivity index is 1.39. The summed E-state index contributed by atoms with van der Waals surface area (Å²) < 4.78 is 17.1. The van der Waals surface area contributed by atoms with Crippen LogP contribution < -0.4 is 14.8 Å². The van der Waals surface area contributed by atoms with E-state index in [2.05, 4.69) is 16.3 Å². The third-order valence-corrected chi connectivity index (χ3v) is 5.22. The van der Waals surface area contributed by atoms with Crippen molar-refractivity contribution in [1.29, 1.82) is 0 Å². The number of nitrogens with one attached hydrogen (secondary N) is 1. The first-order valence-corrected chi connectivity index (χ1v) is 9.32. The minimum Gasteiger partial charge on any atom is -0.486 e. The Kier molecular flexibility index (Phi) is 5.08. The van der Waals surface area contributed by atoms with Gasteiger partial charge in [-0.05, 0) is 38.3 Å². The fourth-order valence-corrected chi connectivity index (χ4v) is 4.00. The molecule has 1 aromatic rings. The van der Waals surface area contributed by atoms with Gasteiger partial charge in [0.15, 0.2) is 11.5 Å². The molecule has 0 unspecified atom stereocenters. The number of hydrogen-bond donors (Lipinski definition) is 1. The van der Waals surface area contributed by atoms with Crippen LogP contribution in [0.15, 0.2) is 18.2 Å². The lowest BCUT2D eigenvalue weighted by Crippen LogP contribution is -2.40. The third kappa shape index (κ3) is 3.75. The van der Waals surface area contributed by atoms with Gasteiger partial charge in [0.05, 0.1) is 12.6 Å². The van der Waals surface area contributed by atoms with E-state index < -0.39 is 0 Å². The lowest BCUT2D eigenvalue weighted by Gasteiger charge is -2.28. The van der Waals surface area contributed by atoms with Gasteiger partial charge in [0.1, 0.15) is 13.2 Å². The molecule has 0 bridgehead atoms. The molecule has 2 fully saturated rings. The van der Waals surface area contributed by atoms with Crippen LogP contribution in [0.25, 0.3) is 0 Å². The number of rotatable bonds is 5. The van der Waals surface area contributed by atoms with Gasteiger partial charge in [-0.2, -0.15) is 0 Å². The standard InChI is InChI=1S/C19H26N2O4/c22-18(20-12-14-4-3-9-23-14)13-21-8-2-6-16(21)15-5-1-7-17-19(15)25-11-10-24-17/h1,5,7,14,16H,2-4,6,8-13H2,(H,20,22)/t14-,16-/m1/s1. The van der Waals surface area contributed by atoms with Crippen LogP contribution >= 0.6 is 0 Å². The average molecular weight is 346 g/mol. The topological polar surface area (TPSA) is 60.0 Å². The lowest BCUT2D eigenvalue weighted by molar-refractivity contribution is -0.123. The zero-order chi connectivity index (χ0) is 17.1. The molecule has 2 atom stereocenters. The van der Waals surface area contributed by atoms with Crippen LogP contribution in [0.4, 0.5) is 0 Å². The molecular formula is C19H26N2O4. The number of fused-ring (bicyclic) bond motifs is 1. The van der Waals surface area contributed by atoms with Crippen molar-refractivity contribution >= 4 is 5.91 Å². The summed E-state index contributed by atoms with van der Waals surface area (Å²) in [7, 11) is 0. The second-order valence-corrected chi connectivity index (χ2v) is 6.94. The van der Waals surface area contributed by atoms with Crippen LogP contribution in [0, 0.1) is 0 Å². The molecule has 0 radical (unpaired) electrons. The van der Waals surface area contributed by atoms with E-state index in [1.165, 1.54) is 0 Å². The van der Waals surface area contributed by atoms with Crippen molar-refractivity contribution < 1.29 is 19.0 Å². The van der Waals surface area contributed by atoms with Crippen LogP contribution in [0.5, 0.6) is 11.5 Å². The van der Waals surface area contributed by atoms with Crippen molar-refractivity contribution in [2.75, 3.05) is 39.5 Å². The number of carbonyl (C=O) groups is 1. The molecule has 3 aliphatic heterocycles. The highest BCUT2D eigenvalue weighted by atomic mass is 16.6. The van der Waals surface area contributed by atoms with Gasteiger partial charge in [0.25, 0.3) is 0 Å². The van der Waals surface area contributed by atoms with Crippen molar-refractivity contribution in [2.24, 2.45) is 0 Å². The highest BCUT2D eigenvalue weighted by Gasteiger charge is 2.31. The van der Waals surface area contributed by atoms with Crippen molar-refractivity contribution in [2.45, 2.75) is 37.8 Å². The molecule has 0 spiro atoms. The number of para-hydroxylation sites is 1. The van der Waals surface area contributed by atoms with E-state index in [0.717, 1.165) is 55.9 Å². The van der Waals surface area contributed by atoms with Gasteiger partial charge in [-0.3, -0.25) is 9.69 Å². The second-order valence-electron chi connectivity index (χ2n) is 6.94. The number of hydrogen-bond acceptors (Lipinski definition) is 5. The van der Waals surface area contributed by atoms with E-state index in [1.54, 1.807) is 0 Å². The quantitative estimate of drug-likeness (QED) is 0.882. The highest BCUT2D eigenvalue weighted by Crippen LogP contribution is 2.42.